The molecule has 8 nitrogen and oxygen atoms in total. The first kappa shape index (κ1) is 20.6. The maximum absolute atomic E-state index is 12.8. The molecule has 2 N–H and O–H groups in total. The van der Waals surface area contributed by atoms with Crippen LogP contribution in [0.1, 0.15) is 53.2 Å². The highest BCUT2D eigenvalue weighted by atomic mass is 32.2. The zero-order valence-corrected chi connectivity index (χ0v) is 17.7. The zero-order valence-electron chi connectivity index (χ0n) is 16.9. The van der Waals surface area contributed by atoms with Crippen LogP contribution in [0.25, 0.3) is 5.69 Å². The standard InChI is InChI=1S/C21H26N4O4S/c1-14-4-2-3-5-18(14)25-20(15-6-7-15)17(12-23-25)21(27)22-10-8-19(26)24-16-9-11-30(28,29)13-16/h2-5,12,15-16H,6-11,13H2,1H3,(H,22,27)(H,24,26)/t16-/m1/s1. The maximum atomic E-state index is 12.8. The number of nitrogens with zero attached hydrogens (tertiary/aromatic N) is 2. The first-order valence-corrected chi connectivity index (χ1v) is 12.1. The number of amides is 2. The van der Waals surface area contributed by atoms with Gasteiger partial charge in [-0.3, -0.25) is 9.59 Å². The first-order valence-electron chi connectivity index (χ1n) is 10.3. The van der Waals surface area contributed by atoms with E-state index >= 15 is 0 Å². The Morgan fingerprint density at radius 3 is 2.63 bits per heavy atom. The molecule has 1 aromatic heterocycles. The lowest BCUT2D eigenvalue weighted by molar-refractivity contribution is -0.121. The topological polar surface area (TPSA) is 110 Å². The van der Waals surface area contributed by atoms with Crippen molar-refractivity contribution in [1.82, 2.24) is 20.4 Å². The normalized spacial score (nSPS) is 20.1. The van der Waals surface area contributed by atoms with Crippen LogP contribution < -0.4 is 10.6 Å². The second-order valence-electron chi connectivity index (χ2n) is 8.09. The SMILES string of the molecule is Cc1ccccc1-n1ncc(C(=O)NCCC(=O)N[C@@H]2CCS(=O)(=O)C2)c1C1CC1. The first-order chi connectivity index (χ1) is 14.3. The van der Waals surface area contributed by atoms with Crippen molar-refractivity contribution >= 4 is 21.7 Å². The van der Waals surface area contributed by atoms with Crippen LogP contribution >= 0.6 is 0 Å². The minimum Gasteiger partial charge on any atom is -0.352 e. The summed E-state index contributed by atoms with van der Waals surface area (Å²) in [6, 6.07) is 7.60. The number of aromatic nitrogens is 2. The van der Waals surface area contributed by atoms with Gasteiger partial charge in [-0.15, -0.1) is 0 Å². The minimum absolute atomic E-state index is 0.00602. The average molecular weight is 431 g/mol. The highest BCUT2D eigenvalue weighted by Crippen LogP contribution is 2.42. The van der Waals surface area contributed by atoms with Gasteiger partial charge in [0.1, 0.15) is 0 Å². The molecule has 0 bridgehead atoms. The van der Waals surface area contributed by atoms with Gasteiger partial charge >= 0.3 is 0 Å². The molecule has 1 aromatic carbocycles. The Balaban J connectivity index is 1.37. The maximum Gasteiger partial charge on any atom is 0.254 e. The van der Waals surface area contributed by atoms with E-state index in [0.717, 1.165) is 29.8 Å². The summed E-state index contributed by atoms with van der Waals surface area (Å²) < 4.78 is 24.8. The smallest absolute Gasteiger partial charge is 0.254 e. The molecule has 160 valence electrons. The van der Waals surface area contributed by atoms with Crippen molar-refractivity contribution in [3.8, 4) is 5.69 Å². The quantitative estimate of drug-likeness (QED) is 0.691. The number of benzene rings is 1. The van der Waals surface area contributed by atoms with Gasteiger partial charge in [0, 0.05) is 24.9 Å². The molecule has 1 atom stereocenters. The van der Waals surface area contributed by atoms with E-state index < -0.39 is 9.84 Å². The van der Waals surface area contributed by atoms with E-state index in [-0.39, 0.29) is 42.3 Å². The summed E-state index contributed by atoms with van der Waals surface area (Å²) in [5, 5.41) is 10.0. The van der Waals surface area contributed by atoms with Crippen molar-refractivity contribution in [1.29, 1.82) is 0 Å². The largest absolute Gasteiger partial charge is 0.352 e. The molecule has 1 aliphatic carbocycles. The molecule has 2 aromatic rings. The van der Waals surface area contributed by atoms with E-state index in [1.54, 1.807) is 6.20 Å². The summed E-state index contributed by atoms with van der Waals surface area (Å²) in [7, 11) is -3.04. The van der Waals surface area contributed by atoms with Crippen LogP contribution in [-0.4, -0.2) is 54.1 Å². The number of hydrogen-bond acceptors (Lipinski definition) is 5. The van der Waals surface area contributed by atoms with Crippen LogP contribution in [0.4, 0.5) is 0 Å². The van der Waals surface area contributed by atoms with Crippen molar-refractivity contribution in [2.24, 2.45) is 0 Å². The number of rotatable bonds is 7. The highest BCUT2D eigenvalue weighted by molar-refractivity contribution is 7.91. The molecule has 30 heavy (non-hydrogen) atoms. The number of carbonyl (C=O) groups is 2. The van der Waals surface area contributed by atoms with Crippen molar-refractivity contribution in [2.75, 3.05) is 18.1 Å². The second-order valence-corrected chi connectivity index (χ2v) is 10.3. The fourth-order valence-electron chi connectivity index (χ4n) is 3.87. The van der Waals surface area contributed by atoms with Gasteiger partial charge in [0.2, 0.25) is 5.91 Å². The highest BCUT2D eigenvalue weighted by Gasteiger charge is 2.33. The van der Waals surface area contributed by atoms with E-state index in [2.05, 4.69) is 15.7 Å². The monoisotopic (exact) mass is 430 g/mol. The van der Waals surface area contributed by atoms with Gasteiger partial charge in [-0.1, -0.05) is 18.2 Å². The lowest BCUT2D eigenvalue weighted by atomic mass is 10.1. The molecule has 2 amide bonds. The fraction of sp³-hybridized carbons (Fsp3) is 0.476. The van der Waals surface area contributed by atoms with E-state index in [1.165, 1.54) is 0 Å². The summed E-state index contributed by atoms with van der Waals surface area (Å²) in [5.74, 6) is -0.0684. The molecule has 0 spiro atoms. The van der Waals surface area contributed by atoms with Crippen molar-refractivity contribution in [3.05, 3.63) is 47.3 Å². The van der Waals surface area contributed by atoms with E-state index in [4.69, 9.17) is 0 Å². The minimum atomic E-state index is -3.04. The summed E-state index contributed by atoms with van der Waals surface area (Å²) in [4.78, 5) is 24.8. The molecular weight excluding hydrogens is 404 g/mol. The number of aryl methyl sites for hydroxylation is 1. The van der Waals surface area contributed by atoms with Gasteiger partial charge in [-0.25, -0.2) is 13.1 Å². The summed E-state index contributed by atoms with van der Waals surface area (Å²) >= 11 is 0. The van der Waals surface area contributed by atoms with Gasteiger partial charge in [-0.05, 0) is 37.8 Å². The molecule has 2 heterocycles. The van der Waals surface area contributed by atoms with Gasteiger partial charge in [0.15, 0.2) is 9.84 Å². The lowest BCUT2D eigenvalue weighted by Crippen LogP contribution is -2.37. The Morgan fingerprint density at radius 1 is 1.20 bits per heavy atom. The lowest BCUT2D eigenvalue weighted by Gasteiger charge is -2.12. The Morgan fingerprint density at radius 2 is 1.97 bits per heavy atom. The Kier molecular flexibility index (Phi) is 5.64. The molecule has 0 radical (unpaired) electrons. The molecule has 1 saturated carbocycles. The van der Waals surface area contributed by atoms with Gasteiger partial charge in [0.05, 0.1) is 34.6 Å². The van der Waals surface area contributed by atoms with Crippen LogP contribution in [0.3, 0.4) is 0 Å². The molecule has 4 rings (SSSR count). The number of nitrogens with one attached hydrogen (secondary N) is 2. The third-order valence-electron chi connectivity index (χ3n) is 5.59. The molecule has 2 aliphatic rings. The van der Waals surface area contributed by atoms with Crippen molar-refractivity contribution < 1.29 is 18.0 Å². The predicted octanol–water partition coefficient (Wildman–Crippen LogP) is 1.48. The number of sulfone groups is 1. The van der Waals surface area contributed by atoms with E-state index in [9.17, 15) is 18.0 Å². The Hall–Kier alpha value is -2.68. The third kappa shape index (κ3) is 4.56. The molecule has 9 heteroatoms. The van der Waals surface area contributed by atoms with Gasteiger partial charge < -0.3 is 10.6 Å². The summed E-state index contributed by atoms with van der Waals surface area (Å²) in [5.41, 5.74) is 3.51. The van der Waals surface area contributed by atoms with Crippen LogP contribution in [-0.2, 0) is 14.6 Å². The van der Waals surface area contributed by atoms with Crippen LogP contribution in [0.5, 0.6) is 0 Å². The van der Waals surface area contributed by atoms with E-state index in [1.807, 2.05) is 35.9 Å². The fourth-order valence-corrected chi connectivity index (χ4v) is 5.54. The Bertz CT molecular complexity index is 1070. The van der Waals surface area contributed by atoms with E-state index in [0.29, 0.717) is 17.9 Å². The Labute approximate surface area is 176 Å². The molecule has 1 aliphatic heterocycles. The van der Waals surface area contributed by atoms with Gasteiger partial charge in [-0.2, -0.15) is 5.10 Å². The predicted molar refractivity (Wildman–Crippen MR) is 112 cm³/mol. The number of carbonyl (C=O) groups excluding carboxylic acids is 2. The van der Waals surface area contributed by atoms with Crippen molar-refractivity contribution in [2.45, 2.75) is 44.6 Å². The molecule has 2 fully saturated rings. The van der Waals surface area contributed by atoms with Gasteiger partial charge in [0.25, 0.3) is 5.91 Å². The average Bonchev–Trinajstić information content (AvgIpc) is 3.34. The number of para-hydroxylation sites is 1. The molecule has 1 saturated heterocycles. The van der Waals surface area contributed by atoms with Crippen LogP contribution in [0.15, 0.2) is 30.5 Å². The van der Waals surface area contributed by atoms with Crippen molar-refractivity contribution in [3.63, 3.8) is 0 Å². The zero-order chi connectivity index (χ0) is 21.3. The molecule has 0 unspecified atom stereocenters. The van der Waals surface area contributed by atoms with Crippen LogP contribution in [0, 0.1) is 6.92 Å². The molecular formula is C21H26N4O4S. The second kappa shape index (κ2) is 8.22. The summed E-state index contributed by atoms with van der Waals surface area (Å²) in [6.45, 7) is 2.20. The number of hydrogen-bond donors (Lipinski definition) is 2. The third-order valence-corrected chi connectivity index (χ3v) is 7.36. The van der Waals surface area contributed by atoms with Crippen LogP contribution in [0.2, 0.25) is 0 Å². The summed E-state index contributed by atoms with van der Waals surface area (Å²) in [6.07, 6.45) is 4.21.